The van der Waals surface area contributed by atoms with Crippen LogP contribution in [0.5, 0.6) is 0 Å². The van der Waals surface area contributed by atoms with Gasteiger partial charge in [-0.3, -0.25) is 0 Å². The second-order valence-electron chi connectivity index (χ2n) is 6.88. The number of rotatable bonds is 6. The highest BCUT2D eigenvalue weighted by molar-refractivity contribution is 8.00. The largest absolute Gasteiger partial charge is 0.314 e. The van der Waals surface area contributed by atoms with Gasteiger partial charge in [0.15, 0.2) is 0 Å². The van der Waals surface area contributed by atoms with Crippen molar-refractivity contribution in [3.63, 3.8) is 0 Å². The molecule has 0 radical (unpaired) electrons. The molecule has 19 heavy (non-hydrogen) atoms. The Hall–Kier alpha value is 0.270. The Kier molecular flexibility index (Phi) is 6.04. The van der Waals surface area contributed by atoms with Gasteiger partial charge in [-0.25, -0.2) is 0 Å². The van der Waals surface area contributed by atoms with Gasteiger partial charge in [0.05, 0.1) is 0 Å². The van der Waals surface area contributed by atoms with Crippen LogP contribution in [0, 0.1) is 5.41 Å². The van der Waals surface area contributed by atoms with Crippen LogP contribution in [-0.2, 0) is 0 Å². The molecular weight excluding hydrogens is 252 g/mol. The summed E-state index contributed by atoms with van der Waals surface area (Å²) in [5.41, 5.74) is 0.574. The molecular formula is C16H32N2S. The maximum absolute atomic E-state index is 3.71. The van der Waals surface area contributed by atoms with E-state index in [1.807, 2.05) is 0 Å². The molecule has 2 nitrogen and oxygen atoms in total. The number of thioether (sulfide) groups is 1. The summed E-state index contributed by atoms with van der Waals surface area (Å²) in [5.74, 6) is 1.34. The zero-order chi connectivity index (χ0) is 13.7. The van der Waals surface area contributed by atoms with Crippen molar-refractivity contribution in [2.24, 2.45) is 5.41 Å². The summed E-state index contributed by atoms with van der Waals surface area (Å²) < 4.78 is 0. The summed E-state index contributed by atoms with van der Waals surface area (Å²) in [6, 6.07) is 0.623. The summed E-state index contributed by atoms with van der Waals surface area (Å²) in [6.07, 6.45) is 7.10. The van der Waals surface area contributed by atoms with Crippen molar-refractivity contribution in [2.75, 3.05) is 31.9 Å². The lowest BCUT2D eigenvalue weighted by molar-refractivity contribution is 0.149. The molecule has 0 aromatic rings. The highest BCUT2D eigenvalue weighted by Gasteiger charge is 2.36. The van der Waals surface area contributed by atoms with Crippen LogP contribution in [0.25, 0.3) is 0 Å². The van der Waals surface area contributed by atoms with Gasteiger partial charge in [-0.15, -0.1) is 0 Å². The third-order valence-corrected chi connectivity index (χ3v) is 6.16. The summed E-state index contributed by atoms with van der Waals surface area (Å²) in [6.45, 7) is 12.1. The Morgan fingerprint density at radius 3 is 2.68 bits per heavy atom. The van der Waals surface area contributed by atoms with Crippen LogP contribution in [-0.4, -0.2) is 48.1 Å². The summed E-state index contributed by atoms with van der Waals surface area (Å²) in [7, 11) is 0. The minimum Gasteiger partial charge on any atom is -0.314 e. The van der Waals surface area contributed by atoms with Crippen LogP contribution in [0.4, 0.5) is 0 Å². The highest BCUT2D eigenvalue weighted by Crippen LogP contribution is 2.39. The minimum absolute atomic E-state index is 0.574. The Labute approximate surface area is 124 Å². The van der Waals surface area contributed by atoms with Gasteiger partial charge in [-0.05, 0) is 24.7 Å². The predicted octanol–water partition coefficient (Wildman–Crippen LogP) is 3.37. The molecule has 1 atom stereocenters. The van der Waals surface area contributed by atoms with Gasteiger partial charge in [0, 0.05) is 43.2 Å². The molecule has 0 aromatic carbocycles. The predicted molar refractivity (Wildman–Crippen MR) is 87.0 cm³/mol. The molecule has 0 spiro atoms. The molecule has 1 aliphatic carbocycles. The fourth-order valence-electron chi connectivity index (χ4n) is 3.58. The number of hydrogen-bond acceptors (Lipinski definition) is 3. The second-order valence-corrected chi connectivity index (χ2v) is 8.29. The molecule has 2 fully saturated rings. The maximum atomic E-state index is 3.71. The lowest BCUT2D eigenvalue weighted by Crippen LogP contribution is -2.48. The zero-order valence-electron chi connectivity index (χ0n) is 13.1. The minimum atomic E-state index is 0.574. The summed E-state index contributed by atoms with van der Waals surface area (Å²) in [5, 5.41) is 4.59. The Morgan fingerprint density at radius 2 is 2.05 bits per heavy atom. The molecule has 0 aromatic heterocycles. The molecule has 1 saturated carbocycles. The first-order chi connectivity index (χ1) is 9.13. The van der Waals surface area contributed by atoms with E-state index in [2.05, 4.69) is 42.7 Å². The third-order valence-electron chi connectivity index (χ3n) is 4.79. The van der Waals surface area contributed by atoms with E-state index in [0.717, 1.165) is 5.25 Å². The molecule has 2 rings (SSSR count). The van der Waals surface area contributed by atoms with E-state index in [-0.39, 0.29) is 0 Å². The average molecular weight is 285 g/mol. The fourth-order valence-corrected chi connectivity index (χ4v) is 4.83. The van der Waals surface area contributed by atoms with Crippen molar-refractivity contribution < 1.29 is 0 Å². The van der Waals surface area contributed by atoms with Gasteiger partial charge in [0.2, 0.25) is 0 Å². The Balaban J connectivity index is 1.88. The van der Waals surface area contributed by atoms with E-state index in [9.17, 15) is 0 Å². The van der Waals surface area contributed by atoms with Gasteiger partial charge in [0.1, 0.15) is 0 Å². The molecule has 1 aliphatic heterocycles. The van der Waals surface area contributed by atoms with E-state index in [0.29, 0.717) is 11.5 Å². The van der Waals surface area contributed by atoms with Crippen LogP contribution in [0.3, 0.4) is 0 Å². The maximum Gasteiger partial charge on any atom is 0.0172 e. The van der Waals surface area contributed by atoms with Crippen LogP contribution in [0.2, 0.25) is 0 Å². The highest BCUT2D eigenvalue weighted by atomic mass is 32.2. The van der Waals surface area contributed by atoms with E-state index in [1.54, 1.807) is 0 Å². The number of hydrogen-bond donors (Lipinski definition) is 1. The van der Waals surface area contributed by atoms with Crippen molar-refractivity contribution in [1.29, 1.82) is 0 Å². The van der Waals surface area contributed by atoms with E-state index < -0.39 is 0 Å². The first-order valence-electron chi connectivity index (χ1n) is 8.21. The summed E-state index contributed by atoms with van der Waals surface area (Å²) in [4.78, 5) is 2.76. The van der Waals surface area contributed by atoms with Gasteiger partial charge in [0.25, 0.3) is 0 Å². The van der Waals surface area contributed by atoms with Crippen molar-refractivity contribution in [2.45, 2.75) is 64.2 Å². The number of nitrogens with one attached hydrogen (secondary N) is 1. The first-order valence-corrected chi connectivity index (χ1v) is 9.26. The van der Waals surface area contributed by atoms with Gasteiger partial charge in [-0.2, -0.15) is 11.8 Å². The molecule has 3 heteroatoms. The SMILES string of the molecule is CCC1CN(CC2(CNC(C)C)CCCC2)CCS1. The van der Waals surface area contributed by atoms with E-state index >= 15 is 0 Å². The lowest BCUT2D eigenvalue weighted by atomic mass is 9.85. The normalized spacial score (nSPS) is 28.1. The Bertz CT molecular complexity index is 261. The van der Waals surface area contributed by atoms with Gasteiger partial charge in [-0.1, -0.05) is 33.6 Å². The van der Waals surface area contributed by atoms with Crippen LogP contribution < -0.4 is 5.32 Å². The third kappa shape index (κ3) is 4.64. The standard InChI is InChI=1S/C16H32N2S/c1-4-15-11-18(9-10-19-15)13-16(7-5-6-8-16)12-17-14(2)3/h14-15,17H,4-13H2,1-3H3. The van der Waals surface area contributed by atoms with Crippen molar-refractivity contribution in [3.8, 4) is 0 Å². The second kappa shape index (κ2) is 7.33. The average Bonchev–Trinajstić information content (AvgIpc) is 2.86. The van der Waals surface area contributed by atoms with Gasteiger partial charge >= 0.3 is 0 Å². The monoisotopic (exact) mass is 284 g/mol. The number of nitrogens with zero attached hydrogens (tertiary/aromatic N) is 1. The molecule has 1 unspecified atom stereocenters. The fraction of sp³-hybridized carbons (Fsp3) is 1.00. The van der Waals surface area contributed by atoms with Crippen LogP contribution >= 0.6 is 11.8 Å². The van der Waals surface area contributed by atoms with Crippen LogP contribution in [0.1, 0.15) is 52.9 Å². The molecule has 0 bridgehead atoms. The smallest absolute Gasteiger partial charge is 0.0172 e. The van der Waals surface area contributed by atoms with E-state index in [1.165, 1.54) is 64.0 Å². The van der Waals surface area contributed by atoms with Crippen molar-refractivity contribution in [3.05, 3.63) is 0 Å². The van der Waals surface area contributed by atoms with Crippen LogP contribution in [0.15, 0.2) is 0 Å². The summed E-state index contributed by atoms with van der Waals surface area (Å²) >= 11 is 2.18. The van der Waals surface area contributed by atoms with Gasteiger partial charge < -0.3 is 10.2 Å². The molecule has 1 N–H and O–H groups in total. The van der Waals surface area contributed by atoms with Crippen molar-refractivity contribution in [1.82, 2.24) is 10.2 Å². The van der Waals surface area contributed by atoms with E-state index in [4.69, 9.17) is 0 Å². The zero-order valence-corrected chi connectivity index (χ0v) is 13.9. The molecule has 1 heterocycles. The quantitative estimate of drug-likeness (QED) is 0.805. The molecule has 112 valence electrons. The van der Waals surface area contributed by atoms with Crippen molar-refractivity contribution >= 4 is 11.8 Å². The Morgan fingerprint density at radius 1 is 1.32 bits per heavy atom. The lowest BCUT2D eigenvalue weighted by Gasteiger charge is -2.40. The first kappa shape index (κ1) is 15.7. The molecule has 0 amide bonds. The molecule has 2 aliphatic rings. The molecule has 1 saturated heterocycles. The topological polar surface area (TPSA) is 15.3 Å².